The first-order valence-electron chi connectivity index (χ1n) is 5.15. The number of hydrogen-bond donors (Lipinski definition) is 1. The Morgan fingerprint density at radius 2 is 2.44 bits per heavy atom. The lowest BCUT2D eigenvalue weighted by Crippen LogP contribution is -2.36. The number of aromatic nitrogens is 1. The molecule has 1 saturated heterocycles. The van der Waals surface area contributed by atoms with E-state index in [2.05, 4.69) is 4.98 Å². The van der Waals surface area contributed by atoms with Gasteiger partial charge in [0.1, 0.15) is 11.9 Å². The third-order valence-electron chi connectivity index (χ3n) is 2.82. The molecule has 0 aliphatic carbocycles. The first-order chi connectivity index (χ1) is 7.72. The minimum absolute atomic E-state index is 0.0388. The highest BCUT2D eigenvalue weighted by Crippen LogP contribution is 2.25. The van der Waals surface area contributed by atoms with Crippen molar-refractivity contribution < 1.29 is 14.6 Å². The smallest absolute Gasteiger partial charge is 0.326 e. The van der Waals surface area contributed by atoms with Gasteiger partial charge in [0.2, 0.25) is 0 Å². The molecule has 2 heterocycles. The Labute approximate surface area is 93.7 Å². The van der Waals surface area contributed by atoms with Crippen molar-refractivity contribution in [3.8, 4) is 0 Å². The Morgan fingerprint density at radius 3 is 3.00 bits per heavy atom. The number of aliphatic carboxylic acids is 1. The second kappa shape index (κ2) is 4.49. The molecule has 1 aliphatic rings. The topological polar surface area (TPSA) is 62.7 Å². The Kier molecular flexibility index (Phi) is 3.05. The van der Waals surface area contributed by atoms with Gasteiger partial charge in [-0.3, -0.25) is 0 Å². The average Bonchev–Trinajstić information content (AvgIpc) is 2.74. The van der Waals surface area contributed by atoms with Gasteiger partial charge >= 0.3 is 5.97 Å². The van der Waals surface area contributed by atoms with Crippen molar-refractivity contribution in [3.05, 3.63) is 24.4 Å². The second-order valence-corrected chi connectivity index (χ2v) is 3.79. The molecule has 0 aromatic carbocycles. The van der Waals surface area contributed by atoms with Crippen LogP contribution in [0.15, 0.2) is 24.4 Å². The summed E-state index contributed by atoms with van der Waals surface area (Å²) < 4.78 is 5.21. The minimum atomic E-state index is -0.829. The van der Waals surface area contributed by atoms with Crippen molar-refractivity contribution in [2.24, 2.45) is 0 Å². The molecule has 1 fully saturated rings. The van der Waals surface area contributed by atoms with Crippen LogP contribution in [0, 0.1) is 0 Å². The van der Waals surface area contributed by atoms with Crippen LogP contribution in [0.5, 0.6) is 0 Å². The number of anilines is 1. The van der Waals surface area contributed by atoms with Crippen molar-refractivity contribution in [2.45, 2.75) is 18.6 Å². The molecule has 1 aromatic rings. The zero-order chi connectivity index (χ0) is 11.5. The van der Waals surface area contributed by atoms with Crippen molar-refractivity contribution in [1.29, 1.82) is 0 Å². The van der Waals surface area contributed by atoms with Gasteiger partial charge < -0.3 is 14.7 Å². The Morgan fingerprint density at radius 1 is 1.62 bits per heavy atom. The molecule has 5 nitrogen and oxygen atoms in total. The average molecular weight is 222 g/mol. The third kappa shape index (κ3) is 1.99. The molecule has 1 aliphatic heterocycles. The van der Waals surface area contributed by atoms with E-state index >= 15 is 0 Å². The summed E-state index contributed by atoms with van der Waals surface area (Å²) in [7, 11) is 1.60. The second-order valence-electron chi connectivity index (χ2n) is 3.79. The van der Waals surface area contributed by atoms with Gasteiger partial charge in [0.25, 0.3) is 0 Å². The normalized spacial score (nSPS) is 24.7. The SMILES string of the molecule is COC1CC(C(=O)O)N(c2ccccn2)C1. The van der Waals surface area contributed by atoms with Crippen LogP contribution in [0.4, 0.5) is 5.82 Å². The van der Waals surface area contributed by atoms with Crippen LogP contribution in [-0.4, -0.2) is 41.9 Å². The number of rotatable bonds is 3. The van der Waals surface area contributed by atoms with E-state index in [0.29, 0.717) is 18.8 Å². The summed E-state index contributed by atoms with van der Waals surface area (Å²) in [5.74, 6) is -0.139. The molecule has 1 aromatic heterocycles. The molecule has 0 bridgehead atoms. The first-order valence-corrected chi connectivity index (χ1v) is 5.15. The molecule has 0 saturated carbocycles. The number of carboxylic acid groups (broad SMARTS) is 1. The quantitative estimate of drug-likeness (QED) is 0.818. The summed E-state index contributed by atoms with van der Waals surface area (Å²) in [5, 5.41) is 9.13. The fourth-order valence-corrected chi connectivity index (χ4v) is 1.98. The number of methoxy groups -OCH3 is 1. The van der Waals surface area contributed by atoms with Gasteiger partial charge in [-0.05, 0) is 12.1 Å². The van der Waals surface area contributed by atoms with Crippen molar-refractivity contribution in [2.75, 3.05) is 18.6 Å². The van der Waals surface area contributed by atoms with E-state index in [1.165, 1.54) is 0 Å². The van der Waals surface area contributed by atoms with Crippen LogP contribution >= 0.6 is 0 Å². The molecule has 16 heavy (non-hydrogen) atoms. The van der Waals surface area contributed by atoms with Gasteiger partial charge in [-0.25, -0.2) is 9.78 Å². The summed E-state index contributed by atoms with van der Waals surface area (Å²) in [6, 6.07) is 4.93. The molecule has 0 radical (unpaired) electrons. The standard InChI is InChI=1S/C11H14N2O3/c1-16-8-6-9(11(14)15)13(7-8)10-4-2-3-5-12-10/h2-5,8-9H,6-7H2,1H3,(H,14,15). The van der Waals surface area contributed by atoms with Crippen molar-refractivity contribution in [1.82, 2.24) is 4.98 Å². The van der Waals surface area contributed by atoms with Crippen LogP contribution in [0.2, 0.25) is 0 Å². The van der Waals surface area contributed by atoms with Gasteiger partial charge in [0, 0.05) is 26.3 Å². The molecule has 2 atom stereocenters. The molecule has 86 valence electrons. The largest absolute Gasteiger partial charge is 0.480 e. The summed E-state index contributed by atoms with van der Waals surface area (Å²) in [4.78, 5) is 17.1. The first kappa shape index (κ1) is 10.9. The van der Waals surface area contributed by atoms with Gasteiger partial charge in [-0.1, -0.05) is 6.07 Å². The third-order valence-corrected chi connectivity index (χ3v) is 2.82. The van der Waals surface area contributed by atoms with Crippen molar-refractivity contribution in [3.63, 3.8) is 0 Å². The van der Waals surface area contributed by atoms with Crippen LogP contribution in [-0.2, 0) is 9.53 Å². The lowest BCUT2D eigenvalue weighted by Gasteiger charge is -2.21. The summed E-state index contributed by atoms with van der Waals surface area (Å²) in [5.41, 5.74) is 0. The lowest BCUT2D eigenvalue weighted by atomic mass is 10.2. The van der Waals surface area contributed by atoms with Gasteiger partial charge in [0.05, 0.1) is 6.10 Å². The Hall–Kier alpha value is -1.62. The molecular formula is C11H14N2O3. The van der Waals surface area contributed by atoms with Crippen molar-refractivity contribution >= 4 is 11.8 Å². The van der Waals surface area contributed by atoms with E-state index in [4.69, 9.17) is 9.84 Å². The van der Waals surface area contributed by atoms with Gasteiger partial charge in [-0.15, -0.1) is 0 Å². The number of nitrogens with zero attached hydrogens (tertiary/aromatic N) is 2. The molecule has 0 amide bonds. The number of carbonyl (C=O) groups is 1. The maximum absolute atomic E-state index is 11.1. The fourth-order valence-electron chi connectivity index (χ4n) is 1.98. The summed E-state index contributed by atoms with van der Waals surface area (Å²) in [6.45, 7) is 0.574. The monoisotopic (exact) mass is 222 g/mol. The molecule has 5 heteroatoms. The Bertz CT molecular complexity index is 369. The molecule has 1 N–H and O–H groups in total. The van der Waals surface area contributed by atoms with E-state index in [9.17, 15) is 4.79 Å². The maximum atomic E-state index is 11.1. The van der Waals surface area contributed by atoms with E-state index in [1.807, 2.05) is 18.2 Å². The summed E-state index contributed by atoms with van der Waals surface area (Å²) in [6.07, 6.45) is 2.12. The highest BCUT2D eigenvalue weighted by Gasteiger charge is 2.37. The minimum Gasteiger partial charge on any atom is -0.480 e. The number of hydrogen-bond acceptors (Lipinski definition) is 4. The number of pyridine rings is 1. The molecular weight excluding hydrogens is 208 g/mol. The van der Waals surface area contributed by atoms with Crippen LogP contribution < -0.4 is 4.90 Å². The fraction of sp³-hybridized carbons (Fsp3) is 0.455. The van der Waals surface area contributed by atoms with E-state index in [-0.39, 0.29) is 6.10 Å². The summed E-state index contributed by atoms with van der Waals surface area (Å²) >= 11 is 0. The maximum Gasteiger partial charge on any atom is 0.326 e. The van der Waals surface area contributed by atoms with E-state index in [1.54, 1.807) is 18.2 Å². The lowest BCUT2D eigenvalue weighted by molar-refractivity contribution is -0.138. The van der Waals surface area contributed by atoms with E-state index in [0.717, 1.165) is 0 Å². The number of carboxylic acids is 1. The zero-order valence-electron chi connectivity index (χ0n) is 9.04. The Balaban J connectivity index is 2.22. The van der Waals surface area contributed by atoms with Gasteiger partial charge in [0.15, 0.2) is 0 Å². The predicted molar refractivity (Wildman–Crippen MR) is 58.4 cm³/mol. The van der Waals surface area contributed by atoms with E-state index < -0.39 is 12.0 Å². The highest BCUT2D eigenvalue weighted by molar-refractivity contribution is 5.78. The highest BCUT2D eigenvalue weighted by atomic mass is 16.5. The van der Waals surface area contributed by atoms with Gasteiger partial charge in [-0.2, -0.15) is 0 Å². The molecule has 0 spiro atoms. The molecule has 2 rings (SSSR count). The predicted octanol–water partition coefficient (Wildman–Crippen LogP) is 0.760. The van der Waals surface area contributed by atoms with Crippen LogP contribution in [0.3, 0.4) is 0 Å². The van der Waals surface area contributed by atoms with Crippen LogP contribution in [0.25, 0.3) is 0 Å². The van der Waals surface area contributed by atoms with Crippen LogP contribution in [0.1, 0.15) is 6.42 Å². The number of ether oxygens (including phenoxy) is 1. The molecule has 2 unspecified atom stereocenters. The zero-order valence-corrected chi connectivity index (χ0v) is 9.04.